The Morgan fingerprint density at radius 2 is 2.17 bits per heavy atom. The van der Waals surface area contributed by atoms with E-state index in [9.17, 15) is 4.79 Å². The second kappa shape index (κ2) is 5.36. The van der Waals surface area contributed by atoms with Crippen molar-refractivity contribution >= 4 is 22.3 Å². The van der Waals surface area contributed by atoms with Gasteiger partial charge in [-0.05, 0) is 12.8 Å². The van der Waals surface area contributed by atoms with Crippen molar-refractivity contribution in [2.24, 2.45) is 5.92 Å². The molecule has 18 heavy (non-hydrogen) atoms. The molecule has 1 saturated carbocycles. The normalized spacial score (nSPS) is 25.9. The van der Waals surface area contributed by atoms with E-state index < -0.39 is 0 Å². The number of rotatable bonds is 3. The smallest absolute Gasteiger partial charge is 0.185 e. The minimum absolute atomic E-state index is 0.316. The molecule has 0 spiro atoms. The molecule has 1 aliphatic heterocycles. The maximum atomic E-state index is 11.7. The molecular weight excluding hydrogens is 246 g/mol. The summed E-state index contributed by atoms with van der Waals surface area (Å²) in [4.78, 5) is 20.8. The largest absolute Gasteiger partial charge is 0.346 e. The molecule has 1 aromatic rings. The molecule has 1 aromatic heterocycles. The average molecular weight is 265 g/mol. The summed E-state index contributed by atoms with van der Waals surface area (Å²) in [7, 11) is 0. The van der Waals surface area contributed by atoms with Crippen LogP contribution in [-0.2, 0) is 4.79 Å². The molecule has 2 fully saturated rings. The van der Waals surface area contributed by atoms with Crippen LogP contribution in [0.2, 0.25) is 0 Å². The number of hydrogen-bond donors (Lipinski definition) is 0. The number of carbonyl (C=O) groups excluding carboxylic acids is 1. The van der Waals surface area contributed by atoms with Crippen LogP contribution in [0, 0.1) is 5.92 Å². The number of hydrogen-bond acceptors (Lipinski definition) is 5. The van der Waals surface area contributed by atoms with Crippen molar-refractivity contribution in [2.75, 3.05) is 37.6 Å². The van der Waals surface area contributed by atoms with Crippen LogP contribution in [-0.4, -0.2) is 48.4 Å². The molecule has 1 aliphatic carbocycles. The summed E-state index contributed by atoms with van der Waals surface area (Å²) in [6, 6.07) is 0. The Balaban J connectivity index is 1.49. The molecule has 1 atom stereocenters. The molecule has 0 amide bonds. The number of thiazole rings is 1. The van der Waals surface area contributed by atoms with Gasteiger partial charge in [-0.15, -0.1) is 11.3 Å². The summed E-state index contributed by atoms with van der Waals surface area (Å²) in [6.45, 7) is 5.17. The standard InChI is InChI=1S/C13H19N3OS/c17-12-3-1-2-11(12)10-15-5-7-16(8-6-15)13-14-4-9-18-13/h4,9,11H,1-3,5-8,10H2. The Labute approximate surface area is 112 Å². The van der Waals surface area contributed by atoms with Crippen molar-refractivity contribution in [3.63, 3.8) is 0 Å². The number of ketones is 1. The third kappa shape index (κ3) is 2.57. The van der Waals surface area contributed by atoms with Gasteiger partial charge in [0.25, 0.3) is 0 Å². The predicted molar refractivity (Wildman–Crippen MR) is 73.1 cm³/mol. The van der Waals surface area contributed by atoms with E-state index in [0.717, 1.165) is 57.1 Å². The van der Waals surface area contributed by atoms with Gasteiger partial charge in [0.05, 0.1) is 0 Å². The first kappa shape index (κ1) is 12.1. The number of anilines is 1. The van der Waals surface area contributed by atoms with Crippen molar-refractivity contribution in [3.8, 4) is 0 Å². The van der Waals surface area contributed by atoms with Gasteiger partial charge in [-0.3, -0.25) is 9.69 Å². The lowest BCUT2D eigenvalue weighted by Crippen LogP contribution is -2.48. The van der Waals surface area contributed by atoms with Gasteiger partial charge in [0.1, 0.15) is 5.78 Å². The maximum Gasteiger partial charge on any atom is 0.185 e. The van der Waals surface area contributed by atoms with Crippen LogP contribution < -0.4 is 4.90 Å². The average Bonchev–Trinajstić information content (AvgIpc) is 3.03. The highest BCUT2D eigenvalue weighted by atomic mass is 32.1. The molecule has 0 bridgehead atoms. The van der Waals surface area contributed by atoms with E-state index in [2.05, 4.69) is 14.8 Å². The lowest BCUT2D eigenvalue weighted by molar-refractivity contribution is -0.121. The molecule has 2 aliphatic rings. The second-order valence-corrected chi connectivity index (χ2v) is 6.03. The van der Waals surface area contributed by atoms with Gasteiger partial charge in [0.15, 0.2) is 5.13 Å². The third-order valence-electron chi connectivity index (χ3n) is 3.97. The van der Waals surface area contributed by atoms with Gasteiger partial charge in [0, 0.05) is 56.6 Å². The SMILES string of the molecule is O=C1CCCC1CN1CCN(c2nccs2)CC1. The highest BCUT2D eigenvalue weighted by molar-refractivity contribution is 7.13. The lowest BCUT2D eigenvalue weighted by atomic mass is 10.1. The molecule has 1 saturated heterocycles. The van der Waals surface area contributed by atoms with E-state index in [4.69, 9.17) is 0 Å². The van der Waals surface area contributed by atoms with Crippen molar-refractivity contribution < 1.29 is 4.79 Å². The van der Waals surface area contributed by atoms with Gasteiger partial charge >= 0.3 is 0 Å². The third-order valence-corrected chi connectivity index (χ3v) is 4.80. The quantitative estimate of drug-likeness (QED) is 0.832. The first-order valence-electron chi connectivity index (χ1n) is 6.72. The van der Waals surface area contributed by atoms with Crippen LogP contribution in [0.5, 0.6) is 0 Å². The van der Waals surface area contributed by atoms with E-state index in [-0.39, 0.29) is 0 Å². The highest BCUT2D eigenvalue weighted by Gasteiger charge is 2.28. The second-order valence-electron chi connectivity index (χ2n) is 5.16. The molecule has 0 radical (unpaired) electrons. The fourth-order valence-corrected chi connectivity index (χ4v) is 3.58. The van der Waals surface area contributed by atoms with Gasteiger partial charge < -0.3 is 4.90 Å². The molecule has 5 heteroatoms. The van der Waals surface area contributed by atoms with E-state index in [1.807, 2.05) is 11.6 Å². The van der Waals surface area contributed by atoms with E-state index in [0.29, 0.717) is 11.7 Å². The lowest BCUT2D eigenvalue weighted by Gasteiger charge is -2.35. The summed E-state index contributed by atoms with van der Waals surface area (Å²) in [5, 5.41) is 3.16. The fourth-order valence-electron chi connectivity index (χ4n) is 2.89. The molecule has 0 aromatic carbocycles. The summed E-state index contributed by atoms with van der Waals surface area (Å²) in [5.74, 6) is 0.800. The Morgan fingerprint density at radius 3 is 2.78 bits per heavy atom. The number of Topliss-reactive ketones (excluding diaryl/α,β-unsaturated/α-hetero) is 1. The van der Waals surface area contributed by atoms with E-state index in [1.54, 1.807) is 11.3 Å². The molecular formula is C13H19N3OS. The van der Waals surface area contributed by atoms with Crippen molar-refractivity contribution in [2.45, 2.75) is 19.3 Å². The van der Waals surface area contributed by atoms with Gasteiger partial charge in [0.2, 0.25) is 0 Å². The van der Waals surface area contributed by atoms with Gasteiger partial charge in [-0.25, -0.2) is 4.98 Å². The Morgan fingerprint density at radius 1 is 1.33 bits per heavy atom. The summed E-state index contributed by atoms with van der Waals surface area (Å²) >= 11 is 1.71. The topological polar surface area (TPSA) is 36.4 Å². The van der Waals surface area contributed by atoms with Crippen LogP contribution in [0.1, 0.15) is 19.3 Å². The first-order chi connectivity index (χ1) is 8.83. The van der Waals surface area contributed by atoms with E-state index in [1.165, 1.54) is 0 Å². The zero-order valence-corrected chi connectivity index (χ0v) is 11.4. The summed E-state index contributed by atoms with van der Waals surface area (Å²) in [5.41, 5.74) is 0. The van der Waals surface area contributed by atoms with Crippen molar-refractivity contribution in [1.82, 2.24) is 9.88 Å². The molecule has 2 heterocycles. The minimum Gasteiger partial charge on any atom is -0.346 e. The van der Waals surface area contributed by atoms with Crippen LogP contribution in [0.15, 0.2) is 11.6 Å². The number of carbonyl (C=O) groups is 1. The molecule has 3 rings (SSSR count). The van der Waals surface area contributed by atoms with Gasteiger partial charge in [-0.2, -0.15) is 0 Å². The molecule has 1 unspecified atom stereocenters. The Kier molecular flexibility index (Phi) is 3.61. The number of nitrogens with zero attached hydrogens (tertiary/aromatic N) is 3. The molecule has 98 valence electrons. The zero-order valence-electron chi connectivity index (χ0n) is 10.5. The highest BCUT2D eigenvalue weighted by Crippen LogP contribution is 2.24. The van der Waals surface area contributed by atoms with Crippen molar-refractivity contribution in [3.05, 3.63) is 11.6 Å². The zero-order chi connectivity index (χ0) is 12.4. The Bertz CT molecular complexity index is 398. The van der Waals surface area contributed by atoms with Crippen LogP contribution in [0.25, 0.3) is 0 Å². The maximum absolute atomic E-state index is 11.7. The monoisotopic (exact) mass is 265 g/mol. The van der Waals surface area contributed by atoms with Crippen LogP contribution in [0.3, 0.4) is 0 Å². The fraction of sp³-hybridized carbons (Fsp3) is 0.692. The minimum atomic E-state index is 0.316. The van der Waals surface area contributed by atoms with Crippen molar-refractivity contribution in [1.29, 1.82) is 0 Å². The summed E-state index contributed by atoms with van der Waals surface area (Å²) < 4.78 is 0. The first-order valence-corrected chi connectivity index (χ1v) is 7.60. The van der Waals surface area contributed by atoms with Gasteiger partial charge in [-0.1, -0.05) is 0 Å². The number of piperazine rings is 1. The predicted octanol–water partition coefficient (Wildman–Crippen LogP) is 1.63. The van der Waals surface area contributed by atoms with Crippen LogP contribution in [0.4, 0.5) is 5.13 Å². The Hall–Kier alpha value is -0.940. The molecule has 0 N–H and O–H groups in total. The number of aromatic nitrogens is 1. The van der Waals surface area contributed by atoms with E-state index >= 15 is 0 Å². The summed E-state index contributed by atoms with van der Waals surface area (Å²) in [6.07, 6.45) is 4.88. The van der Waals surface area contributed by atoms with Crippen LogP contribution >= 0.6 is 11.3 Å². The molecule has 4 nitrogen and oxygen atoms in total.